The van der Waals surface area contributed by atoms with Gasteiger partial charge in [-0.1, -0.05) is 30.7 Å². The Bertz CT molecular complexity index is 1200. The molecular formula is C25H28N7O2+. The summed E-state index contributed by atoms with van der Waals surface area (Å²) in [6.45, 7) is 1.35. The summed E-state index contributed by atoms with van der Waals surface area (Å²) in [7, 11) is 0. The van der Waals surface area contributed by atoms with E-state index in [1.165, 1.54) is 0 Å². The van der Waals surface area contributed by atoms with Crippen molar-refractivity contribution in [2.45, 2.75) is 37.2 Å². The van der Waals surface area contributed by atoms with Crippen LogP contribution in [0, 0.1) is 5.41 Å². The Morgan fingerprint density at radius 3 is 2.35 bits per heavy atom. The Morgan fingerprint density at radius 2 is 1.79 bits per heavy atom. The van der Waals surface area contributed by atoms with Crippen molar-refractivity contribution < 1.29 is 10.2 Å². The number of amidine groups is 1. The molecule has 5 rings (SSSR count). The number of aromatic nitrogens is 3. The van der Waals surface area contributed by atoms with Gasteiger partial charge in [0.2, 0.25) is 5.95 Å². The van der Waals surface area contributed by atoms with Crippen molar-refractivity contribution in [1.29, 1.82) is 5.41 Å². The van der Waals surface area contributed by atoms with E-state index >= 15 is 0 Å². The predicted octanol–water partition coefficient (Wildman–Crippen LogP) is 2.26. The number of anilines is 2. The molecule has 0 bridgehead atoms. The SMILES string of the molecule is N=C(N=C([OH2+])c1ccc(N2CC[C@H](O)C2)nc1)C1(c2ccc(-c3cnc(N)nc3)cc2)CCC1. The van der Waals surface area contributed by atoms with Crippen LogP contribution in [0.15, 0.2) is 60.0 Å². The highest BCUT2D eigenvalue weighted by atomic mass is 16.3. The fraction of sp³-hybridized carbons (Fsp3) is 0.320. The van der Waals surface area contributed by atoms with Gasteiger partial charge < -0.3 is 20.8 Å². The van der Waals surface area contributed by atoms with Crippen LogP contribution in [0.3, 0.4) is 0 Å². The zero-order valence-electron chi connectivity index (χ0n) is 18.8. The van der Waals surface area contributed by atoms with Gasteiger partial charge in [-0.3, -0.25) is 5.41 Å². The molecule has 0 radical (unpaired) electrons. The van der Waals surface area contributed by atoms with Gasteiger partial charge in [-0.15, -0.1) is 4.99 Å². The average molecular weight is 459 g/mol. The average Bonchev–Trinajstić information content (AvgIpc) is 3.26. The van der Waals surface area contributed by atoms with Crippen LogP contribution < -0.4 is 10.6 Å². The number of nitrogens with one attached hydrogen (secondary N) is 1. The van der Waals surface area contributed by atoms with Crippen LogP contribution in [0.2, 0.25) is 0 Å². The zero-order chi connectivity index (χ0) is 23.7. The molecule has 9 nitrogen and oxygen atoms in total. The molecule has 0 unspecified atom stereocenters. The molecule has 1 saturated heterocycles. The van der Waals surface area contributed by atoms with E-state index in [4.69, 9.17) is 16.2 Å². The third-order valence-corrected chi connectivity index (χ3v) is 6.84. The quantitative estimate of drug-likeness (QED) is 0.303. The lowest BCUT2D eigenvalue weighted by Gasteiger charge is -2.41. The summed E-state index contributed by atoms with van der Waals surface area (Å²) in [6, 6.07) is 11.7. The van der Waals surface area contributed by atoms with E-state index in [0.29, 0.717) is 12.1 Å². The van der Waals surface area contributed by atoms with E-state index in [1.54, 1.807) is 18.6 Å². The summed E-state index contributed by atoms with van der Waals surface area (Å²) in [4.78, 5) is 19.0. The van der Waals surface area contributed by atoms with Crippen LogP contribution in [0.1, 0.15) is 36.8 Å². The highest BCUT2D eigenvalue weighted by Gasteiger charge is 2.43. The van der Waals surface area contributed by atoms with Gasteiger partial charge in [0, 0.05) is 37.2 Å². The molecule has 6 N–H and O–H groups in total. The summed E-state index contributed by atoms with van der Waals surface area (Å²) in [5, 5.41) is 26.9. The molecule has 2 aromatic heterocycles. The van der Waals surface area contributed by atoms with Crippen molar-refractivity contribution in [3.8, 4) is 11.1 Å². The molecule has 2 fully saturated rings. The van der Waals surface area contributed by atoms with Gasteiger partial charge >= 0.3 is 5.90 Å². The molecule has 9 heteroatoms. The first kappa shape index (κ1) is 22.0. The van der Waals surface area contributed by atoms with Gasteiger partial charge in [-0.2, -0.15) is 0 Å². The van der Waals surface area contributed by atoms with Gasteiger partial charge in [0.15, 0.2) is 0 Å². The summed E-state index contributed by atoms with van der Waals surface area (Å²) < 4.78 is 0. The predicted molar refractivity (Wildman–Crippen MR) is 132 cm³/mol. The number of hydrogen-bond acceptors (Lipinski definition) is 7. The van der Waals surface area contributed by atoms with Crippen molar-refractivity contribution in [3.63, 3.8) is 0 Å². The third kappa shape index (κ3) is 4.10. The van der Waals surface area contributed by atoms with Crippen molar-refractivity contribution in [1.82, 2.24) is 15.0 Å². The first-order valence-corrected chi connectivity index (χ1v) is 11.4. The number of pyridine rings is 1. The molecule has 0 amide bonds. The normalized spacial score (nSPS) is 19.6. The van der Waals surface area contributed by atoms with Crippen LogP contribution in [-0.2, 0) is 5.41 Å². The Hall–Kier alpha value is -3.85. The molecule has 3 heterocycles. The van der Waals surface area contributed by atoms with Gasteiger partial charge in [-0.25, -0.2) is 15.0 Å². The number of nitrogen functional groups attached to an aromatic ring is 1. The lowest BCUT2D eigenvalue weighted by molar-refractivity contribution is 0.198. The molecule has 2 aliphatic rings. The van der Waals surface area contributed by atoms with Gasteiger partial charge in [0.1, 0.15) is 17.2 Å². The summed E-state index contributed by atoms with van der Waals surface area (Å²) in [6.07, 6.45) is 8.13. The van der Waals surface area contributed by atoms with Gasteiger partial charge in [0.25, 0.3) is 0 Å². The number of nitrogens with zero attached hydrogens (tertiary/aromatic N) is 5. The number of hydrogen-bond donors (Lipinski definition) is 3. The summed E-state index contributed by atoms with van der Waals surface area (Å²) in [5.74, 6) is 1.27. The van der Waals surface area contributed by atoms with E-state index in [2.05, 4.69) is 19.9 Å². The zero-order valence-corrected chi connectivity index (χ0v) is 18.8. The Balaban J connectivity index is 1.33. The van der Waals surface area contributed by atoms with Crippen LogP contribution in [0.4, 0.5) is 11.8 Å². The molecule has 1 aromatic carbocycles. The molecular weight excluding hydrogens is 430 g/mol. The Kier molecular flexibility index (Phi) is 5.70. The lowest BCUT2D eigenvalue weighted by Crippen LogP contribution is -2.41. The van der Waals surface area contributed by atoms with Crippen molar-refractivity contribution >= 4 is 23.5 Å². The standard InChI is InChI=1S/C25H27N7O2/c26-23(31-22(34)17-4-7-21(28-12-17)32-11-8-20(33)15-32)25(9-1-10-25)19-5-2-16(3-6-19)18-13-29-24(27)30-14-18/h2-7,12-14,20,33H,1,8-11,15H2,(H2,26,31,34)(H2,27,29,30)/p+1/t20-/m0/s1. The summed E-state index contributed by atoms with van der Waals surface area (Å²) >= 11 is 0. The van der Waals surface area contributed by atoms with Crippen molar-refractivity contribution in [3.05, 3.63) is 66.1 Å². The maximum Gasteiger partial charge on any atom is 0.367 e. The number of nitrogens with two attached hydrogens (primary N) is 1. The topological polar surface area (TPSA) is 147 Å². The highest BCUT2D eigenvalue weighted by molar-refractivity contribution is 6.04. The molecule has 34 heavy (non-hydrogen) atoms. The van der Waals surface area contributed by atoms with E-state index in [-0.39, 0.29) is 23.8 Å². The second kappa shape index (κ2) is 8.83. The monoisotopic (exact) mass is 458 g/mol. The maximum atomic E-state index is 9.73. The van der Waals surface area contributed by atoms with Crippen LogP contribution in [0.5, 0.6) is 0 Å². The minimum atomic E-state index is -0.471. The molecule has 174 valence electrons. The maximum absolute atomic E-state index is 9.73. The minimum absolute atomic E-state index is 0.0347. The smallest absolute Gasteiger partial charge is 0.367 e. The number of rotatable bonds is 5. The fourth-order valence-electron chi connectivity index (χ4n) is 4.61. The first-order chi connectivity index (χ1) is 16.4. The van der Waals surface area contributed by atoms with Gasteiger partial charge in [-0.05, 0) is 42.5 Å². The third-order valence-electron chi connectivity index (χ3n) is 6.84. The Labute approximate surface area is 197 Å². The second-order valence-electron chi connectivity index (χ2n) is 8.95. The van der Waals surface area contributed by atoms with E-state index in [0.717, 1.165) is 54.7 Å². The van der Waals surface area contributed by atoms with Crippen LogP contribution in [0.25, 0.3) is 11.1 Å². The van der Waals surface area contributed by atoms with Crippen molar-refractivity contribution in [2.75, 3.05) is 23.7 Å². The molecule has 3 aromatic rings. The summed E-state index contributed by atoms with van der Waals surface area (Å²) in [5.41, 5.74) is 8.56. The number of aliphatic hydroxyl groups excluding tert-OH is 1. The largest absolute Gasteiger partial charge is 0.578 e. The molecule has 1 aliphatic carbocycles. The fourth-order valence-corrected chi connectivity index (χ4v) is 4.61. The second-order valence-corrected chi connectivity index (χ2v) is 8.95. The minimum Gasteiger partial charge on any atom is -0.578 e. The number of benzene rings is 1. The van der Waals surface area contributed by atoms with Gasteiger partial charge in [0.05, 0.1) is 11.5 Å². The number of β-amino-alcohol motifs (C(OH)–C–C–N with tert-alkyl or cyclic N) is 1. The van der Waals surface area contributed by atoms with E-state index < -0.39 is 5.41 Å². The van der Waals surface area contributed by atoms with Crippen molar-refractivity contribution in [2.24, 2.45) is 4.99 Å². The molecule has 1 atom stereocenters. The first-order valence-electron chi connectivity index (χ1n) is 11.4. The Morgan fingerprint density at radius 1 is 1.06 bits per heavy atom. The van der Waals surface area contributed by atoms with Crippen LogP contribution in [-0.4, -0.2) is 56.1 Å². The van der Waals surface area contributed by atoms with Crippen LogP contribution >= 0.6 is 0 Å². The number of aliphatic hydroxyl groups is 1. The number of aliphatic imine (C=N–C) groups is 1. The molecule has 1 saturated carbocycles. The lowest BCUT2D eigenvalue weighted by atomic mass is 9.63. The van der Waals surface area contributed by atoms with E-state index in [1.807, 2.05) is 41.3 Å². The van der Waals surface area contributed by atoms with E-state index in [9.17, 15) is 5.11 Å². The highest BCUT2D eigenvalue weighted by Crippen LogP contribution is 2.45. The molecule has 1 aliphatic heterocycles. The molecule has 0 spiro atoms.